The van der Waals surface area contributed by atoms with E-state index in [1.165, 1.54) is 0 Å². The van der Waals surface area contributed by atoms with Crippen LogP contribution in [0.4, 0.5) is 0 Å². The SMILES string of the molecule is COc1cc(C2CNC(C)(C)O2)cc(OC)c1OC. The van der Waals surface area contributed by atoms with Crippen LogP contribution in [0.1, 0.15) is 25.5 Å². The first-order chi connectivity index (χ1) is 9.00. The number of nitrogens with one attached hydrogen (secondary N) is 1. The van der Waals surface area contributed by atoms with Gasteiger partial charge in [-0.3, -0.25) is 5.32 Å². The number of methoxy groups -OCH3 is 3. The highest BCUT2D eigenvalue weighted by molar-refractivity contribution is 5.54. The summed E-state index contributed by atoms with van der Waals surface area (Å²) in [4.78, 5) is 0. The lowest BCUT2D eigenvalue weighted by atomic mass is 10.1. The molecule has 1 saturated heterocycles. The van der Waals surface area contributed by atoms with E-state index in [1.54, 1.807) is 21.3 Å². The van der Waals surface area contributed by atoms with Crippen LogP contribution >= 0.6 is 0 Å². The summed E-state index contributed by atoms with van der Waals surface area (Å²) in [6.45, 7) is 4.77. The number of benzene rings is 1. The molecule has 1 aromatic carbocycles. The lowest BCUT2D eigenvalue weighted by molar-refractivity contribution is -0.0242. The number of hydrogen-bond donors (Lipinski definition) is 1. The summed E-state index contributed by atoms with van der Waals surface area (Å²) in [5, 5.41) is 3.31. The van der Waals surface area contributed by atoms with Crippen LogP contribution in [0.3, 0.4) is 0 Å². The van der Waals surface area contributed by atoms with Gasteiger partial charge in [0.2, 0.25) is 5.75 Å². The van der Waals surface area contributed by atoms with Gasteiger partial charge in [0.15, 0.2) is 11.5 Å². The Morgan fingerprint density at radius 1 is 1.11 bits per heavy atom. The Bertz CT molecular complexity index is 434. The highest BCUT2D eigenvalue weighted by Crippen LogP contribution is 2.41. The second kappa shape index (κ2) is 5.27. The highest BCUT2D eigenvalue weighted by atomic mass is 16.5. The molecule has 0 spiro atoms. The highest BCUT2D eigenvalue weighted by Gasteiger charge is 2.32. The molecule has 5 nitrogen and oxygen atoms in total. The van der Waals surface area contributed by atoms with Gasteiger partial charge in [-0.1, -0.05) is 0 Å². The molecule has 106 valence electrons. The zero-order valence-corrected chi connectivity index (χ0v) is 12.1. The van der Waals surface area contributed by atoms with Crippen molar-refractivity contribution in [1.82, 2.24) is 5.32 Å². The molecule has 0 radical (unpaired) electrons. The average molecular weight is 267 g/mol. The van der Waals surface area contributed by atoms with Crippen LogP contribution in [0.5, 0.6) is 17.2 Å². The fourth-order valence-corrected chi connectivity index (χ4v) is 2.25. The third kappa shape index (κ3) is 2.77. The lowest BCUT2D eigenvalue weighted by Gasteiger charge is -2.20. The van der Waals surface area contributed by atoms with E-state index >= 15 is 0 Å². The minimum Gasteiger partial charge on any atom is -0.493 e. The zero-order chi connectivity index (χ0) is 14.0. The number of rotatable bonds is 4. The van der Waals surface area contributed by atoms with Gasteiger partial charge in [0.1, 0.15) is 5.72 Å². The summed E-state index contributed by atoms with van der Waals surface area (Å²) < 4.78 is 22.0. The van der Waals surface area contributed by atoms with Gasteiger partial charge in [-0.25, -0.2) is 0 Å². The zero-order valence-electron chi connectivity index (χ0n) is 12.1. The maximum absolute atomic E-state index is 5.94. The molecule has 1 fully saturated rings. The summed E-state index contributed by atoms with van der Waals surface area (Å²) in [5.74, 6) is 1.88. The van der Waals surface area contributed by atoms with E-state index in [0.717, 1.165) is 12.1 Å². The molecule has 1 atom stereocenters. The van der Waals surface area contributed by atoms with E-state index in [9.17, 15) is 0 Å². The van der Waals surface area contributed by atoms with E-state index in [4.69, 9.17) is 18.9 Å². The molecule has 0 amide bonds. The van der Waals surface area contributed by atoms with Gasteiger partial charge in [-0.05, 0) is 31.5 Å². The molecule has 1 heterocycles. The van der Waals surface area contributed by atoms with E-state index in [2.05, 4.69) is 5.32 Å². The van der Waals surface area contributed by atoms with E-state index in [0.29, 0.717) is 17.2 Å². The van der Waals surface area contributed by atoms with Gasteiger partial charge in [0.05, 0.1) is 27.4 Å². The summed E-state index contributed by atoms with van der Waals surface area (Å²) in [5.41, 5.74) is 0.693. The molecular weight excluding hydrogens is 246 g/mol. The van der Waals surface area contributed by atoms with Crippen molar-refractivity contribution in [3.05, 3.63) is 17.7 Å². The predicted molar refractivity (Wildman–Crippen MR) is 72.0 cm³/mol. The standard InChI is InChI=1S/C14H21NO4/c1-14(2)15-8-12(19-14)9-6-10(16-3)13(18-5)11(7-9)17-4/h6-7,12,15H,8H2,1-5H3. The molecular formula is C14H21NO4. The topological polar surface area (TPSA) is 49.0 Å². The van der Waals surface area contributed by atoms with Crippen molar-refractivity contribution in [3.63, 3.8) is 0 Å². The summed E-state index contributed by atoms with van der Waals surface area (Å²) in [6, 6.07) is 3.85. The molecule has 0 aliphatic carbocycles. The molecule has 5 heteroatoms. The quantitative estimate of drug-likeness (QED) is 0.905. The van der Waals surface area contributed by atoms with Gasteiger partial charge >= 0.3 is 0 Å². The Morgan fingerprint density at radius 2 is 1.68 bits per heavy atom. The Hall–Kier alpha value is -1.46. The van der Waals surface area contributed by atoms with Crippen LogP contribution < -0.4 is 19.5 Å². The van der Waals surface area contributed by atoms with Crippen LogP contribution in [-0.2, 0) is 4.74 Å². The normalized spacial score (nSPS) is 21.2. The molecule has 0 bridgehead atoms. The summed E-state index contributed by atoms with van der Waals surface area (Å²) >= 11 is 0. The monoisotopic (exact) mass is 267 g/mol. The van der Waals surface area contributed by atoms with Crippen molar-refractivity contribution in [2.75, 3.05) is 27.9 Å². The van der Waals surface area contributed by atoms with Crippen LogP contribution in [0.2, 0.25) is 0 Å². The van der Waals surface area contributed by atoms with E-state index in [1.807, 2.05) is 26.0 Å². The van der Waals surface area contributed by atoms with Crippen molar-refractivity contribution in [2.45, 2.75) is 25.7 Å². The first-order valence-corrected chi connectivity index (χ1v) is 6.23. The fraction of sp³-hybridized carbons (Fsp3) is 0.571. The third-order valence-corrected chi connectivity index (χ3v) is 3.21. The maximum atomic E-state index is 5.94. The van der Waals surface area contributed by atoms with Gasteiger partial charge in [0, 0.05) is 6.54 Å². The second-order valence-electron chi connectivity index (χ2n) is 4.96. The van der Waals surface area contributed by atoms with Crippen LogP contribution in [0, 0.1) is 0 Å². The van der Waals surface area contributed by atoms with Gasteiger partial charge in [-0.2, -0.15) is 0 Å². The Labute approximate surface area is 113 Å². The maximum Gasteiger partial charge on any atom is 0.203 e. The van der Waals surface area contributed by atoms with Crippen LogP contribution in [-0.4, -0.2) is 33.6 Å². The average Bonchev–Trinajstić information content (AvgIpc) is 2.77. The molecule has 0 saturated carbocycles. The van der Waals surface area contributed by atoms with Crippen molar-refractivity contribution < 1.29 is 18.9 Å². The van der Waals surface area contributed by atoms with Gasteiger partial charge in [0.25, 0.3) is 0 Å². The smallest absolute Gasteiger partial charge is 0.203 e. The largest absolute Gasteiger partial charge is 0.493 e. The summed E-state index contributed by atoms with van der Waals surface area (Å²) in [6.07, 6.45) is -0.0243. The minimum absolute atomic E-state index is 0.0243. The molecule has 1 N–H and O–H groups in total. The third-order valence-electron chi connectivity index (χ3n) is 3.21. The fourth-order valence-electron chi connectivity index (χ4n) is 2.25. The Balaban J connectivity index is 2.37. The van der Waals surface area contributed by atoms with Gasteiger partial charge in [-0.15, -0.1) is 0 Å². The Kier molecular flexibility index (Phi) is 3.87. The van der Waals surface area contributed by atoms with E-state index < -0.39 is 0 Å². The van der Waals surface area contributed by atoms with Crippen LogP contribution in [0.15, 0.2) is 12.1 Å². The van der Waals surface area contributed by atoms with Gasteiger partial charge < -0.3 is 18.9 Å². The van der Waals surface area contributed by atoms with E-state index in [-0.39, 0.29) is 11.8 Å². The molecule has 1 unspecified atom stereocenters. The van der Waals surface area contributed by atoms with Crippen molar-refractivity contribution in [3.8, 4) is 17.2 Å². The molecule has 1 aliphatic rings. The van der Waals surface area contributed by atoms with Crippen molar-refractivity contribution in [1.29, 1.82) is 0 Å². The molecule has 1 aromatic rings. The van der Waals surface area contributed by atoms with Crippen molar-refractivity contribution in [2.24, 2.45) is 0 Å². The first-order valence-electron chi connectivity index (χ1n) is 6.23. The predicted octanol–water partition coefficient (Wildman–Crippen LogP) is 2.11. The second-order valence-corrected chi connectivity index (χ2v) is 4.96. The number of ether oxygens (including phenoxy) is 4. The Morgan fingerprint density at radius 3 is 2.05 bits per heavy atom. The molecule has 1 aliphatic heterocycles. The lowest BCUT2D eigenvalue weighted by Crippen LogP contribution is -2.33. The molecule has 2 rings (SSSR count). The number of hydrogen-bond acceptors (Lipinski definition) is 5. The summed E-state index contributed by atoms with van der Waals surface area (Å²) in [7, 11) is 4.81. The van der Waals surface area contributed by atoms with Crippen molar-refractivity contribution >= 4 is 0 Å². The molecule has 19 heavy (non-hydrogen) atoms. The molecule has 0 aromatic heterocycles. The van der Waals surface area contributed by atoms with Crippen LogP contribution in [0.25, 0.3) is 0 Å². The minimum atomic E-state index is -0.314. The first kappa shape index (κ1) is 14.0.